The van der Waals surface area contributed by atoms with Crippen LogP contribution in [-0.2, 0) is 0 Å². The number of carbonyl (C=O) groups excluding carboxylic acids is 2. The number of hydrazone groups is 1. The number of hydrogen-bond donors (Lipinski definition) is 2. The summed E-state index contributed by atoms with van der Waals surface area (Å²) in [7, 11) is 0. The molecule has 2 N–H and O–H groups in total. The summed E-state index contributed by atoms with van der Waals surface area (Å²) in [5.74, 6) is -0.770. The monoisotopic (exact) mass is 426 g/mol. The second-order valence-electron chi connectivity index (χ2n) is 6.01. The molecule has 1 aromatic heterocycles. The fourth-order valence-electron chi connectivity index (χ4n) is 2.45. The third-order valence-corrected chi connectivity index (χ3v) is 4.48. The molecule has 8 heteroatoms. The van der Waals surface area contributed by atoms with Crippen molar-refractivity contribution in [2.75, 3.05) is 5.32 Å². The molecule has 0 saturated heterocycles. The van der Waals surface area contributed by atoms with Gasteiger partial charge in [-0.1, -0.05) is 41.4 Å². The van der Waals surface area contributed by atoms with E-state index in [0.29, 0.717) is 22.0 Å². The van der Waals surface area contributed by atoms with Gasteiger partial charge in [-0.3, -0.25) is 14.6 Å². The lowest BCUT2D eigenvalue weighted by Gasteiger charge is -2.09. The van der Waals surface area contributed by atoms with Crippen LogP contribution < -0.4 is 10.7 Å². The number of nitrogens with zero attached hydrogens (tertiary/aromatic N) is 2. The number of aromatic nitrogens is 1. The first kappa shape index (κ1) is 20.5. The first-order valence-electron chi connectivity index (χ1n) is 8.56. The highest BCUT2D eigenvalue weighted by molar-refractivity contribution is 6.37. The lowest BCUT2D eigenvalue weighted by molar-refractivity contribution is 0.0949. The highest BCUT2D eigenvalue weighted by atomic mass is 35.5. The number of nitrogens with one attached hydrogen (secondary N) is 2. The molecule has 0 radical (unpaired) electrons. The Morgan fingerprint density at radius 1 is 0.966 bits per heavy atom. The average Bonchev–Trinajstić information content (AvgIpc) is 2.72. The van der Waals surface area contributed by atoms with Crippen LogP contribution in [-0.4, -0.2) is 22.5 Å². The van der Waals surface area contributed by atoms with Gasteiger partial charge in [-0.25, -0.2) is 5.43 Å². The number of halogens is 2. The van der Waals surface area contributed by atoms with Gasteiger partial charge in [0.2, 0.25) is 0 Å². The molecule has 0 aliphatic carbocycles. The first-order chi connectivity index (χ1) is 13.9. The zero-order chi connectivity index (χ0) is 20.8. The topological polar surface area (TPSA) is 83.4 Å². The Morgan fingerprint density at radius 2 is 1.79 bits per heavy atom. The van der Waals surface area contributed by atoms with E-state index >= 15 is 0 Å². The van der Waals surface area contributed by atoms with Crippen molar-refractivity contribution in [3.05, 3.63) is 93.7 Å². The number of amides is 2. The Hall–Kier alpha value is -3.22. The van der Waals surface area contributed by atoms with Crippen LogP contribution in [0.25, 0.3) is 0 Å². The molecule has 6 nitrogen and oxygen atoms in total. The van der Waals surface area contributed by atoms with Crippen molar-refractivity contribution >= 4 is 46.4 Å². The molecule has 0 spiro atoms. The van der Waals surface area contributed by atoms with E-state index in [1.165, 1.54) is 12.3 Å². The molecule has 0 atom stereocenters. The molecule has 2 aromatic carbocycles. The van der Waals surface area contributed by atoms with Gasteiger partial charge in [0.05, 0.1) is 16.3 Å². The van der Waals surface area contributed by atoms with E-state index in [1.807, 2.05) is 6.07 Å². The zero-order valence-electron chi connectivity index (χ0n) is 15.3. The predicted molar refractivity (Wildman–Crippen MR) is 115 cm³/mol. The van der Waals surface area contributed by atoms with Gasteiger partial charge in [0, 0.05) is 16.9 Å². The number of benzene rings is 2. The molecule has 146 valence electrons. The van der Waals surface area contributed by atoms with E-state index in [-0.39, 0.29) is 16.6 Å². The van der Waals surface area contributed by atoms with Gasteiger partial charge >= 0.3 is 0 Å². The highest BCUT2D eigenvalue weighted by Gasteiger charge is 2.12. The number of pyridine rings is 1. The first-order valence-corrected chi connectivity index (χ1v) is 9.32. The molecule has 2 amide bonds. The van der Waals surface area contributed by atoms with Crippen LogP contribution in [0.15, 0.2) is 72.0 Å². The second kappa shape index (κ2) is 9.32. The van der Waals surface area contributed by atoms with Crippen LogP contribution in [0.5, 0.6) is 0 Å². The summed E-state index contributed by atoms with van der Waals surface area (Å²) < 4.78 is 0. The van der Waals surface area contributed by atoms with E-state index in [4.69, 9.17) is 23.2 Å². The summed E-state index contributed by atoms with van der Waals surface area (Å²) in [6, 6.07) is 16.8. The molecule has 0 bridgehead atoms. The Morgan fingerprint density at radius 3 is 2.52 bits per heavy atom. The van der Waals surface area contributed by atoms with Crippen LogP contribution in [0.4, 0.5) is 5.69 Å². The predicted octanol–water partition coefficient (Wildman–Crippen LogP) is 4.79. The van der Waals surface area contributed by atoms with Gasteiger partial charge in [-0.15, -0.1) is 0 Å². The SMILES string of the molecule is CC(=NNC(=O)c1ccccn1)c1cccc(NC(=O)c2ccc(Cl)cc2Cl)c1. The highest BCUT2D eigenvalue weighted by Crippen LogP contribution is 2.22. The van der Waals surface area contributed by atoms with Gasteiger partial charge < -0.3 is 5.32 Å². The minimum atomic E-state index is -0.410. The average molecular weight is 427 g/mol. The lowest BCUT2D eigenvalue weighted by atomic mass is 10.1. The van der Waals surface area contributed by atoms with Crippen LogP contribution in [0, 0.1) is 0 Å². The molecule has 0 aliphatic rings. The van der Waals surface area contributed by atoms with Crippen LogP contribution in [0.1, 0.15) is 33.3 Å². The van der Waals surface area contributed by atoms with E-state index in [1.54, 1.807) is 55.5 Å². The third kappa shape index (κ3) is 5.40. The normalized spacial score (nSPS) is 11.1. The Kier molecular flexibility index (Phi) is 6.59. The fourth-order valence-corrected chi connectivity index (χ4v) is 2.94. The van der Waals surface area contributed by atoms with Gasteiger partial charge in [-0.05, 0) is 55.0 Å². The van der Waals surface area contributed by atoms with Crippen LogP contribution >= 0.6 is 23.2 Å². The summed E-state index contributed by atoms with van der Waals surface area (Å²) >= 11 is 11.9. The van der Waals surface area contributed by atoms with Crippen molar-refractivity contribution in [1.82, 2.24) is 10.4 Å². The van der Waals surface area contributed by atoms with Crippen molar-refractivity contribution in [2.45, 2.75) is 6.92 Å². The Bertz CT molecular complexity index is 1090. The van der Waals surface area contributed by atoms with Gasteiger partial charge in [0.25, 0.3) is 11.8 Å². The standard InChI is InChI=1S/C21H16Cl2N4O2/c1-13(26-27-21(29)19-7-2-3-10-24-19)14-5-4-6-16(11-14)25-20(28)17-9-8-15(22)12-18(17)23/h2-12H,1H3,(H,25,28)(H,27,29). The Labute approximate surface area is 177 Å². The van der Waals surface area contributed by atoms with Crippen molar-refractivity contribution in [1.29, 1.82) is 0 Å². The fraction of sp³-hybridized carbons (Fsp3) is 0.0476. The van der Waals surface area contributed by atoms with Crippen molar-refractivity contribution in [3.8, 4) is 0 Å². The quantitative estimate of drug-likeness (QED) is 0.454. The van der Waals surface area contributed by atoms with E-state index in [2.05, 4.69) is 20.8 Å². The maximum atomic E-state index is 12.5. The maximum absolute atomic E-state index is 12.5. The van der Waals surface area contributed by atoms with E-state index in [9.17, 15) is 9.59 Å². The second-order valence-corrected chi connectivity index (χ2v) is 6.86. The maximum Gasteiger partial charge on any atom is 0.289 e. The van der Waals surface area contributed by atoms with Gasteiger partial charge in [-0.2, -0.15) is 5.10 Å². The largest absolute Gasteiger partial charge is 0.322 e. The molecular formula is C21H16Cl2N4O2. The smallest absolute Gasteiger partial charge is 0.289 e. The van der Waals surface area contributed by atoms with Crippen molar-refractivity contribution < 1.29 is 9.59 Å². The lowest BCUT2D eigenvalue weighted by Crippen LogP contribution is -2.20. The molecule has 3 aromatic rings. The summed E-state index contributed by atoms with van der Waals surface area (Å²) in [5, 5.41) is 7.60. The summed E-state index contributed by atoms with van der Waals surface area (Å²) in [6.07, 6.45) is 1.53. The molecule has 3 rings (SSSR count). The Balaban J connectivity index is 1.71. The number of hydrogen-bond acceptors (Lipinski definition) is 4. The molecule has 0 unspecified atom stereocenters. The third-order valence-electron chi connectivity index (χ3n) is 3.94. The molecular weight excluding hydrogens is 411 g/mol. The van der Waals surface area contributed by atoms with E-state index in [0.717, 1.165) is 5.56 Å². The summed E-state index contributed by atoms with van der Waals surface area (Å²) in [4.78, 5) is 28.5. The summed E-state index contributed by atoms with van der Waals surface area (Å²) in [5.41, 5.74) is 4.90. The minimum Gasteiger partial charge on any atom is -0.322 e. The molecule has 1 heterocycles. The zero-order valence-corrected chi connectivity index (χ0v) is 16.8. The van der Waals surface area contributed by atoms with Crippen LogP contribution in [0.3, 0.4) is 0 Å². The van der Waals surface area contributed by atoms with Crippen molar-refractivity contribution in [3.63, 3.8) is 0 Å². The number of anilines is 1. The molecule has 29 heavy (non-hydrogen) atoms. The van der Waals surface area contributed by atoms with Gasteiger partial charge in [0.1, 0.15) is 5.69 Å². The number of carbonyl (C=O) groups is 2. The van der Waals surface area contributed by atoms with Crippen molar-refractivity contribution in [2.24, 2.45) is 5.10 Å². The van der Waals surface area contributed by atoms with Gasteiger partial charge in [0.15, 0.2) is 0 Å². The molecule has 0 saturated carbocycles. The van der Waals surface area contributed by atoms with Crippen LogP contribution in [0.2, 0.25) is 10.0 Å². The number of rotatable bonds is 5. The summed E-state index contributed by atoms with van der Waals surface area (Å²) in [6.45, 7) is 1.75. The molecule has 0 aliphatic heterocycles. The molecule has 0 fully saturated rings. The van der Waals surface area contributed by atoms with E-state index < -0.39 is 5.91 Å². The minimum absolute atomic E-state index is 0.265.